The maximum absolute atomic E-state index is 11.0. The molecule has 0 radical (unpaired) electrons. The zero-order valence-electron chi connectivity index (χ0n) is 9.43. The molecule has 1 amide bonds. The Morgan fingerprint density at radius 2 is 2.50 bits per heavy atom. The molecule has 0 aromatic carbocycles. The number of allylic oxidation sites excluding steroid dienone is 1. The normalized spacial score (nSPS) is 17.1. The molecule has 1 aliphatic heterocycles. The van der Waals surface area contributed by atoms with E-state index in [9.17, 15) is 4.79 Å². The van der Waals surface area contributed by atoms with Crippen molar-refractivity contribution < 1.29 is 14.6 Å². The quantitative estimate of drug-likeness (QED) is 0.667. The van der Waals surface area contributed by atoms with Gasteiger partial charge < -0.3 is 20.5 Å². The molecular formula is C11H18N2O3. The zero-order chi connectivity index (χ0) is 12.0. The highest BCUT2D eigenvalue weighted by Gasteiger charge is 2.11. The van der Waals surface area contributed by atoms with Crippen LogP contribution in [-0.4, -0.2) is 42.3 Å². The summed E-state index contributed by atoms with van der Waals surface area (Å²) in [5.41, 5.74) is 5.80. The molecule has 5 heteroatoms. The van der Waals surface area contributed by atoms with Crippen LogP contribution in [0.25, 0.3) is 0 Å². The maximum atomic E-state index is 11.0. The minimum Gasteiger partial charge on any atom is -0.394 e. The summed E-state index contributed by atoms with van der Waals surface area (Å²) >= 11 is 0. The van der Waals surface area contributed by atoms with Gasteiger partial charge in [-0.2, -0.15) is 0 Å². The molecule has 0 spiro atoms. The molecule has 1 aliphatic rings. The molecule has 1 atom stereocenters. The fourth-order valence-corrected chi connectivity index (χ4v) is 1.49. The number of methoxy groups -OCH3 is 1. The molecule has 3 N–H and O–H groups in total. The van der Waals surface area contributed by atoms with Crippen molar-refractivity contribution in [3.8, 4) is 0 Å². The largest absolute Gasteiger partial charge is 0.394 e. The molecule has 5 nitrogen and oxygen atoms in total. The Balaban J connectivity index is 2.45. The van der Waals surface area contributed by atoms with E-state index in [4.69, 9.17) is 15.6 Å². The van der Waals surface area contributed by atoms with Crippen molar-refractivity contribution in [3.05, 3.63) is 24.0 Å². The third kappa shape index (κ3) is 3.67. The zero-order valence-corrected chi connectivity index (χ0v) is 9.43. The summed E-state index contributed by atoms with van der Waals surface area (Å²) in [4.78, 5) is 12.9. The smallest absolute Gasteiger partial charge is 0.246 e. The maximum Gasteiger partial charge on any atom is 0.246 e. The van der Waals surface area contributed by atoms with Crippen LogP contribution in [0, 0.1) is 0 Å². The highest BCUT2D eigenvalue weighted by molar-refractivity contribution is 5.92. The number of hydrogen-bond acceptors (Lipinski definition) is 4. The molecule has 0 saturated heterocycles. The SMILES string of the molecule is COC(CO)CCN1C=CCC(C(N)=O)=C1. The lowest BCUT2D eigenvalue weighted by molar-refractivity contribution is -0.114. The summed E-state index contributed by atoms with van der Waals surface area (Å²) in [6, 6.07) is 0. The van der Waals surface area contributed by atoms with Crippen molar-refractivity contribution >= 4 is 5.91 Å². The molecule has 1 rings (SSSR count). The van der Waals surface area contributed by atoms with Crippen LogP contribution in [0.15, 0.2) is 24.0 Å². The van der Waals surface area contributed by atoms with Crippen LogP contribution in [-0.2, 0) is 9.53 Å². The number of aliphatic hydroxyl groups excluding tert-OH is 1. The van der Waals surface area contributed by atoms with Crippen LogP contribution in [0.2, 0.25) is 0 Å². The molecule has 0 aromatic rings. The molecule has 90 valence electrons. The van der Waals surface area contributed by atoms with Gasteiger partial charge in [0, 0.05) is 25.4 Å². The fourth-order valence-electron chi connectivity index (χ4n) is 1.49. The Morgan fingerprint density at radius 3 is 3.06 bits per heavy atom. The standard InChI is InChI=1S/C11H18N2O3/c1-16-10(8-14)4-6-13-5-2-3-9(7-13)11(12)15/h2,5,7,10,14H,3-4,6,8H2,1H3,(H2,12,15). The summed E-state index contributed by atoms with van der Waals surface area (Å²) in [5.74, 6) is -0.389. The first-order chi connectivity index (χ1) is 7.67. The second-order valence-corrected chi connectivity index (χ2v) is 3.67. The lowest BCUT2D eigenvalue weighted by atomic mass is 10.1. The Labute approximate surface area is 95.2 Å². The van der Waals surface area contributed by atoms with Crippen molar-refractivity contribution in [2.45, 2.75) is 18.9 Å². The number of ether oxygens (including phenoxy) is 1. The van der Waals surface area contributed by atoms with Gasteiger partial charge in [0.15, 0.2) is 0 Å². The molecule has 0 fully saturated rings. The van der Waals surface area contributed by atoms with Crippen molar-refractivity contribution in [1.82, 2.24) is 4.90 Å². The van der Waals surface area contributed by atoms with Crippen LogP contribution >= 0.6 is 0 Å². The number of amides is 1. The van der Waals surface area contributed by atoms with Crippen LogP contribution in [0.4, 0.5) is 0 Å². The number of nitrogens with zero attached hydrogens (tertiary/aromatic N) is 1. The highest BCUT2D eigenvalue weighted by atomic mass is 16.5. The van der Waals surface area contributed by atoms with E-state index in [1.807, 2.05) is 17.2 Å². The average Bonchev–Trinajstić information content (AvgIpc) is 2.31. The van der Waals surface area contributed by atoms with Crippen molar-refractivity contribution in [2.24, 2.45) is 5.73 Å². The number of carbonyl (C=O) groups is 1. The number of aliphatic hydroxyl groups is 1. The van der Waals surface area contributed by atoms with E-state index < -0.39 is 0 Å². The summed E-state index contributed by atoms with van der Waals surface area (Å²) in [7, 11) is 1.57. The number of hydrogen-bond donors (Lipinski definition) is 2. The topological polar surface area (TPSA) is 75.8 Å². The second-order valence-electron chi connectivity index (χ2n) is 3.67. The molecule has 0 saturated carbocycles. The second kappa shape index (κ2) is 6.30. The Hall–Kier alpha value is -1.33. The number of nitrogens with two attached hydrogens (primary N) is 1. The predicted octanol–water partition coefficient (Wildman–Crippen LogP) is -0.0276. The van der Waals surface area contributed by atoms with Crippen LogP contribution in [0.1, 0.15) is 12.8 Å². The van der Waals surface area contributed by atoms with E-state index in [-0.39, 0.29) is 18.6 Å². The lowest BCUT2D eigenvalue weighted by Crippen LogP contribution is -2.25. The third-order valence-corrected chi connectivity index (χ3v) is 2.52. The van der Waals surface area contributed by atoms with E-state index >= 15 is 0 Å². The number of primary amides is 1. The Morgan fingerprint density at radius 1 is 1.75 bits per heavy atom. The van der Waals surface area contributed by atoms with Crippen molar-refractivity contribution in [1.29, 1.82) is 0 Å². The van der Waals surface area contributed by atoms with Gasteiger partial charge in [-0.05, 0) is 19.0 Å². The van der Waals surface area contributed by atoms with Gasteiger partial charge in [-0.15, -0.1) is 0 Å². The molecular weight excluding hydrogens is 208 g/mol. The van der Waals surface area contributed by atoms with Gasteiger partial charge in [0.1, 0.15) is 0 Å². The van der Waals surface area contributed by atoms with Gasteiger partial charge in [-0.1, -0.05) is 6.08 Å². The van der Waals surface area contributed by atoms with Gasteiger partial charge >= 0.3 is 0 Å². The molecule has 0 aromatic heterocycles. The summed E-state index contributed by atoms with van der Waals surface area (Å²) in [6.07, 6.45) is 6.64. The first-order valence-corrected chi connectivity index (χ1v) is 5.24. The Kier molecular flexibility index (Phi) is 5.01. The molecule has 16 heavy (non-hydrogen) atoms. The van der Waals surface area contributed by atoms with Crippen molar-refractivity contribution in [2.75, 3.05) is 20.3 Å². The van der Waals surface area contributed by atoms with E-state index in [0.717, 1.165) is 0 Å². The molecule has 0 bridgehead atoms. The Bertz CT molecular complexity index is 296. The minimum absolute atomic E-state index is 0.000442. The van der Waals surface area contributed by atoms with Gasteiger partial charge in [-0.25, -0.2) is 0 Å². The summed E-state index contributed by atoms with van der Waals surface area (Å²) in [5, 5.41) is 8.94. The molecule has 1 unspecified atom stereocenters. The van der Waals surface area contributed by atoms with Crippen LogP contribution < -0.4 is 5.73 Å². The predicted molar refractivity (Wildman–Crippen MR) is 60.2 cm³/mol. The fraction of sp³-hybridized carbons (Fsp3) is 0.545. The molecule has 0 aliphatic carbocycles. The van der Waals surface area contributed by atoms with Gasteiger partial charge in [-0.3, -0.25) is 4.79 Å². The summed E-state index contributed by atoms with van der Waals surface area (Å²) in [6.45, 7) is 0.687. The van der Waals surface area contributed by atoms with E-state index in [1.54, 1.807) is 13.3 Å². The number of carbonyl (C=O) groups excluding carboxylic acids is 1. The third-order valence-electron chi connectivity index (χ3n) is 2.52. The van der Waals surface area contributed by atoms with Crippen molar-refractivity contribution in [3.63, 3.8) is 0 Å². The first kappa shape index (κ1) is 12.7. The minimum atomic E-state index is -0.389. The monoisotopic (exact) mass is 226 g/mol. The first-order valence-electron chi connectivity index (χ1n) is 5.24. The number of rotatable bonds is 6. The van der Waals surface area contributed by atoms with Gasteiger partial charge in [0.2, 0.25) is 5.91 Å². The lowest BCUT2D eigenvalue weighted by Gasteiger charge is -2.22. The molecule has 1 heterocycles. The van der Waals surface area contributed by atoms with E-state index in [2.05, 4.69) is 0 Å². The van der Waals surface area contributed by atoms with Crippen LogP contribution in [0.5, 0.6) is 0 Å². The average molecular weight is 226 g/mol. The van der Waals surface area contributed by atoms with E-state index in [1.165, 1.54) is 0 Å². The van der Waals surface area contributed by atoms with E-state index in [0.29, 0.717) is 25.0 Å². The van der Waals surface area contributed by atoms with Crippen LogP contribution in [0.3, 0.4) is 0 Å². The van der Waals surface area contributed by atoms with Gasteiger partial charge in [0.05, 0.1) is 12.7 Å². The summed E-state index contributed by atoms with van der Waals surface area (Å²) < 4.78 is 5.05. The van der Waals surface area contributed by atoms with Gasteiger partial charge in [0.25, 0.3) is 0 Å². The highest BCUT2D eigenvalue weighted by Crippen LogP contribution is 2.12.